The van der Waals surface area contributed by atoms with E-state index in [4.69, 9.17) is 16.3 Å². The number of halogens is 1. The average Bonchev–Trinajstić information content (AvgIpc) is 3.39. The highest BCUT2D eigenvalue weighted by molar-refractivity contribution is 7.09. The van der Waals surface area contributed by atoms with E-state index >= 15 is 0 Å². The lowest BCUT2D eigenvalue weighted by Gasteiger charge is -2.26. The Balaban J connectivity index is 1.46. The van der Waals surface area contributed by atoms with E-state index in [1.807, 2.05) is 12.1 Å². The number of rotatable bonds is 5. The van der Waals surface area contributed by atoms with E-state index in [2.05, 4.69) is 10.3 Å². The topological polar surface area (TPSA) is 91.8 Å². The molecule has 1 saturated carbocycles. The molecule has 2 aliphatic rings. The SMILES string of the molecule is CNC(=O)c1csc(CC2[C@H]3C[C@@H](Oc4ccc(Cl)cc4)C[C@H]3CN2C(=O)O)n1. The molecule has 9 heteroatoms. The number of fused-ring (bicyclic) bond motifs is 1. The van der Waals surface area contributed by atoms with Gasteiger partial charge in [0.25, 0.3) is 5.91 Å². The zero-order valence-corrected chi connectivity index (χ0v) is 17.4. The maximum Gasteiger partial charge on any atom is 0.407 e. The van der Waals surface area contributed by atoms with E-state index in [1.54, 1.807) is 24.6 Å². The van der Waals surface area contributed by atoms with Crippen molar-refractivity contribution in [2.24, 2.45) is 11.8 Å². The maximum atomic E-state index is 11.8. The second kappa shape index (κ2) is 8.20. The summed E-state index contributed by atoms with van der Waals surface area (Å²) in [6.45, 7) is 0.513. The molecule has 1 aliphatic carbocycles. The number of ether oxygens (including phenoxy) is 1. The van der Waals surface area contributed by atoms with Gasteiger partial charge >= 0.3 is 6.09 Å². The number of hydrogen-bond donors (Lipinski definition) is 2. The van der Waals surface area contributed by atoms with Crippen LogP contribution >= 0.6 is 22.9 Å². The van der Waals surface area contributed by atoms with Crippen LogP contribution in [0.4, 0.5) is 4.79 Å². The molecule has 2 amide bonds. The van der Waals surface area contributed by atoms with E-state index in [1.165, 1.54) is 16.2 Å². The number of nitrogens with zero attached hydrogens (tertiary/aromatic N) is 2. The molecule has 0 bridgehead atoms. The van der Waals surface area contributed by atoms with Crippen LogP contribution in [-0.2, 0) is 6.42 Å². The first kappa shape index (κ1) is 20.0. The molecular weight excluding hydrogens is 414 g/mol. The van der Waals surface area contributed by atoms with Gasteiger partial charge in [-0.05, 0) is 48.9 Å². The molecule has 7 nitrogen and oxygen atoms in total. The van der Waals surface area contributed by atoms with Crippen LogP contribution in [0, 0.1) is 11.8 Å². The van der Waals surface area contributed by atoms with Crippen LogP contribution in [-0.4, -0.2) is 52.7 Å². The predicted molar refractivity (Wildman–Crippen MR) is 110 cm³/mol. The van der Waals surface area contributed by atoms with Gasteiger partial charge in [0.05, 0.1) is 11.1 Å². The summed E-state index contributed by atoms with van der Waals surface area (Å²) < 4.78 is 6.12. The molecular formula is C20H22ClN3O4S. The molecule has 2 fully saturated rings. The van der Waals surface area contributed by atoms with Crippen LogP contribution in [0.3, 0.4) is 0 Å². The second-order valence-corrected chi connectivity index (χ2v) is 8.88. The highest BCUT2D eigenvalue weighted by Crippen LogP contribution is 2.44. The summed E-state index contributed by atoms with van der Waals surface area (Å²) in [4.78, 5) is 29.5. The lowest BCUT2D eigenvalue weighted by atomic mass is 9.92. The summed E-state index contributed by atoms with van der Waals surface area (Å²) in [6.07, 6.45) is 1.30. The van der Waals surface area contributed by atoms with Crippen molar-refractivity contribution in [3.05, 3.63) is 45.4 Å². The van der Waals surface area contributed by atoms with Gasteiger partial charge in [0, 0.05) is 36.5 Å². The van der Waals surface area contributed by atoms with Crippen LogP contribution in [0.2, 0.25) is 5.02 Å². The minimum absolute atomic E-state index is 0.0577. The molecule has 1 unspecified atom stereocenters. The number of carboxylic acid groups (broad SMARTS) is 1. The van der Waals surface area contributed by atoms with Crippen LogP contribution < -0.4 is 10.1 Å². The van der Waals surface area contributed by atoms with Crippen molar-refractivity contribution >= 4 is 34.9 Å². The third-order valence-corrected chi connectivity index (χ3v) is 6.91. The number of thiazole rings is 1. The number of aromatic nitrogens is 1. The van der Waals surface area contributed by atoms with Crippen LogP contribution in [0.25, 0.3) is 0 Å². The summed E-state index contributed by atoms with van der Waals surface area (Å²) in [7, 11) is 1.56. The molecule has 1 aromatic heterocycles. The number of hydrogen-bond acceptors (Lipinski definition) is 5. The first-order valence-electron chi connectivity index (χ1n) is 9.53. The number of carbonyl (C=O) groups is 2. The quantitative estimate of drug-likeness (QED) is 0.749. The second-order valence-electron chi connectivity index (χ2n) is 7.50. The monoisotopic (exact) mass is 435 g/mol. The molecule has 29 heavy (non-hydrogen) atoms. The van der Waals surface area contributed by atoms with Gasteiger partial charge in [-0.3, -0.25) is 4.79 Å². The summed E-state index contributed by atoms with van der Waals surface area (Å²) in [5.41, 5.74) is 0.374. The molecule has 0 spiro atoms. The zero-order valence-electron chi connectivity index (χ0n) is 15.9. The molecule has 4 atom stereocenters. The largest absolute Gasteiger partial charge is 0.490 e. The minimum atomic E-state index is -0.900. The Morgan fingerprint density at radius 3 is 2.79 bits per heavy atom. The third kappa shape index (κ3) is 4.18. The van der Waals surface area contributed by atoms with Gasteiger partial charge in [-0.15, -0.1) is 11.3 Å². The Labute approximate surface area is 177 Å². The Bertz CT molecular complexity index is 903. The first-order chi connectivity index (χ1) is 13.9. The lowest BCUT2D eigenvalue weighted by Crippen LogP contribution is -2.39. The minimum Gasteiger partial charge on any atom is -0.490 e. The molecule has 154 valence electrons. The average molecular weight is 436 g/mol. The molecule has 2 aromatic rings. The normalized spacial score (nSPS) is 25.7. The van der Waals surface area contributed by atoms with Gasteiger partial charge in [0.2, 0.25) is 0 Å². The van der Waals surface area contributed by atoms with Gasteiger partial charge in [0.1, 0.15) is 11.4 Å². The molecule has 1 aromatic carbocycles. The summed E-state index contributed by atoms with van der Waals surface area (Å²) in [5.74, 6) is 1.04. The van der Waals surface area contributed by atoms with Gasteiger partial charge in [0.15, 0.2) is 0 Å². The van der Waals surface area contributed by atoms with E-state index in [0.29, 0.717) is 23.7 Å². The number of amides is 2. The third-order valence-electron chi connectivity index (χ3n) is 5.79. The molecule has 1 saturated heterocycles. The van der Waals surface area contributed by atoms with E-state index < -0.39 is 6.09 Å². The van der Waals surface area contributed by atoms with E-state index in [0.717, 1.165) is 23.6 Å². The molecule has 0 radical (unpaired) electrons. The fourth-order valence-electron chi connectivity index (χ4n) is 4.50. The van der Waals surface area contributed by atoms with Crippen LogP contribution in [0.15, 0.2) is 29.6 Å². The zero-order chi connectivity index (χ0) is 20.5. The van der Waals surface area contributed by atoms with Crippen molar-refractivity contribution in [1.82, 2.24) is 15.2 Å². The van der Waals surface area contributed by atoms with Gasteiger partial charge < -0.3 is 20.1 Å². The van der Waals surface area contributed by atoms with Crippen molar-refractivity contribution in [3.8, 4) is 5.75 Å². The fourth-order valence-corrected chi connectivity index (χ4v) is 5.46. The number of benzene rings is 1. The van der Waals surface area contributed by atoms with Crippen LogP contribution in [0.1, 0.15) is 28.3 Å². The van der Waals surface area contributed by atoms with Crippen LogP contribution in [0.5, 0.6) is 5.75 Å². The smallest absolute Gasteiger partial charge is 0.407 e. The van der Waals surface area contributed by atoms with E-state index in [9.17, 15) is 14.7 Å². The summed E-state index contributed by atoms with van der Waals surface area (Å²) in [6, 6.07) is 7.16. The number of carbonyl (C=O) groups excluding carboxylic acids is 1. The van der Waals surface area contributed by atoms with Crippen molar-refractivity contribution < 1.29 is 19.4 Å². The van der Waals surface area contributed by atoms with Crippen molar-refractivity contribution in [2.45, 2.75) is 31.4 Å². The Morgan fingerprint density at radius 1 is 1.34 bits per heavy atom. The summed E-state index contributed by atoms with van der Waals surface area (Å²) >= 11 is 7.33. The number of likely N-dealkylation sites (tertiary alicyclic amines) is 1. The van der Waals surface area contributed by atoms with E-state index in [-0.39, 0.29) is 29.9 Å². The first-order valence-corrected chi connectivity index (χ1v) is 10.8. The summed E-state index contributed by atoms with van der Waals surface area (Å²) in [5, 5.41) is 15.4. The molecule has 2 heterocycles. The van der Waals surface area contributed by atoms with Crippen molar-refractivity contribution in [1.29, 1.82) is 0 Å². The predicted octanol–water partition coefficient (Wildman–Crippen LogP) is 3.53. The highest BCUT2D eigenvalue weighted by atomic mass is 35.5. The molecule has 1 aliphatic heterocycles. The Kier molecular flexibility index (Phi) is 5.65. The van der Waals surface area contributed by atoms with Crippen molar-refractivity contribution in [2.75, 3.05) is 13.6 Å². The van der Waals surface area contributed by atoms with Gasteiger partial charge in [-0.25, -0.2) is 9.78 Å². The van der Waals surface area contributed by atoms with Gasteiger partial charge in [-0.2, -0.15) is 0 Å². The Morgan fingerprint density at radius 2 is 2.10 bits per heavy atom. The lowest BCUT2D eigenvalue weighted by molar-refractivity contribution is 0.0958. The number of nitrogens with one attached hydrogen (secondary N) is 1. The molecule has 4 rings (SSSR count). The van der Waals surface area contributed by atoms with Gasteiger partial charge in [-0.1, -0.05) is 11.6 Å². The fraction of sp³-hybridized carbons (Fsp3) is 0.450. The highest BCUT2D eigenvalue weighted by Gasteiger charge is 2.50. The standard InChI is InChI=1S/C20H22ClN3O4S/c1-22-19(25)16-10-29-18(23-16)8-17-15-7-14(6-11(15)9-24(17)20(26)27)28-13-4-2-12(21)3-5-13/h2-5,10-11,14-15,17H,6-9H2,1H3,(H,22,25)(H,26,27)/t11-,14-,15-,17?/m0/s1. The molecule has 2 N–H and O–H groups in total. The maximum absolute atomic E-state index is 11.8. The Hall–Kier alpha value is -2.32. The van der Waals surface area contributed by atoms with Crippen molar-refractivity contribution in [3.63, 3.8) is 0 Å².